The largest absolute Gasteiger partial charge is 0.478 e. The van der Waals surface area contributed by atoms with Crippen LogP contribution in [-0.2, 0) is 9.59 Å². The number of hydrazine groups is 1. The molecule has 1 fully saturated rings. The number of anilines is 1. The molecule has 1 aliphatic heterocycles. The van der Waals surface area contributed by atoms with Crippen molar-refractivity contribution < 1.29 is 14.3 Å². The van der Waals surface area contributed by atoms with E-state index in [0.29, 0.717) is 22.6 Å². The van der Waals surface area contributed by atoms with Crippen molar-refractivity contribution in [2.24, 2.45) is 0 Å². The van der Waals surface area contributed by atoms with Gasteiger partial charge in [-0.2, -0.15) is 0 Å². The molecule has 7 nitrogen and oxygen atoms in total. The highest BCUT2D eigenvalue weighted by atomic mass is 32.1. The third-order valence-corrected chi connectivity index (χ3v) is 4.30. The summed E-state index contributed by atoms with van der Waals surface area (Å²) in [4.78, 5) is 24.0. The van der Waals surface area contributed by atoms with Gasteiger partial charge >= 0.3 is 0 Å². The summed E-state index contributed by atoms with van der Waals surface area (Å²) in [7, 11) is 0. The van der Waals surface area contributed by atoms with E-state index >= 15 is 0 Å². The van der Waals surface area contributed by atoms with Gasteiger partial charge in [0, 0.05) is 6.04 Å². The lowest BCUT2D eigenvalue weighted by atomic mass is 10.1. The number of hydrogen-bond donors (Lipinski definition) is 4. The van der Waals surface area contributed by atoms with Crippen molar-refractivity contribution in [3.8, 4) is 5.75 Å². The molecule has 0 unspecified atom stereocenters. The van der Waals surface area contributed by atoms with Crippen molar-refractivity contribution in [1.29, 1.82) is 0 Å². The Kier molecular flexibility index (Phi) is 5.14. The minimum Gasteiger partial charge on any atom is -0.478 e. The van der Waals surface area contributed by atoms with Gasteiger partial charge in [-0.15, -0.1) is 0 Å². The van der Waals surface area contributed by atoms with Crippen LogP contribution in [0.25, 0.3) is 0 Å². The van der Waals surface area contributed by atoms with E-state index in [9.17, 15) is 9.59 Å². The molecular formula is C16H20N4O3S. The van der Waals surface area contributed by atoms with Crippen LogP contribution in [-0.4, -0.2) is 29.1 Å². The monoisotopic (exact) mass is 348 g/mol. The average molecular weight is 348 g/mol. The molecule has 1 heterocycles. The van der Waals surface area contributed by atoms with Crippen LogP contribution in [0.5, 0.6) is 5.75 Å². The molecule has 128 valence electrons. The number of carbonyl (C=O) groups is 2. The first kappa shape index (κ1) is 16.5. The van der Waals surface area contributed by atoms with Crippen LogP contribution in [0.3, 0.4) is 0 Å². The smallest absolute Gasteiger partial charge is 0.266 e. The van der Waals surface area contributed by atoms with Gasteiger partial charge < -0.3 is 15.4 Å². The van der Waals surface area contributed by atoms with Gasteiger partial charge in [-0.3, -0.25) is 20.4 Å². The fourth-order valence-corrected chi connectivity index (χ4v) is 3.08. The molecule has 0 bridgehead atoms. The van der Waals surface area contributed by atoms with E-state index in [1.54, 1.807) is 18.2 Å². The molecule has 0 spiro atoms. The highest BCUT2D eigenvalue weighted by Crippen LogP contribution is 2.29. The van der Waals surface area contributed by atoms with Crippen molar-refractivity contribution in [1.82, 2.24) is 16.2 Å². The maximum absolute atomic E-state index is 12.0. The summed E-state index contributed by atoms with van der Waals surface area (Å²) in [6.07, 6.45) is 3.61. The first-order valence-corrected chi connectivity index (χ1v) is 8.44. The number of benzene rings is 1. The first-order valence-electron chi connectivity index (χ1n) is 8.04. The first-order chi connectivity index (χ1) is 11.6. The van der Waals surface area contributed by atoms with Crippen molar-refractivity contribution in [2.45, 2.75) is 44.2 Å². The maximum Gasteiger partial charge on any atom is 0.266 e. The summed E-state index contributed by atoms with van der Waals surface area (Å²) in [6, 6.07) is 7.47. The third kappa shape index (κ3) is 4.14. The van der Waals surface area contributed by atoms with E-state index < -0.39 is 6.10 Å². The lowest BCUT2D eigenvalue weighted by Crippen LogP contribution is -2.50. The molecule has 1 atom stereocenters. The fraction of sp³-hybridized carbons (Fsp3) is 0.438. The molecule has 1 saturated carbocycles. The Labute approximate surface area is 145 Å². The van der Waals surface area contributed by atoms with Gasteiger partial charge in [0.2, 0.25) is 5.91 Å². The van der Waals surface area contributed by atoms with E-state index in [4.69, 9.17) is 17.0 Å². The van der Waals surface area contributed by atoms with Crippen LogP contribution >= 0.6 is 12.2 Å². The van der Waals surface area contributed by atoms with Crippen LogP contribution < -0.4 is 26.2 Å². The second kappa shape index (κ2) is 7.48. The summed E-state index contributed by atoms with van der Waals surface area (Å²) < 4.78 is 5.58. The zero-order chi connectivity index (χ0) is 16.9. The Balaban J connectivity index is 1.45. The number of rotatable bonds is 3. The SMILES string of the molecule is O=C(C[C@H]1Oc2ccccc2NC1=O)NNC(=S)NC1CCCC1. The number of carbonyl (C=O) groups excluding carboxylic acids is 2. The van der Waals surface area contributed by atoms with Gasteiger partial charge in [0.05, 0.1) is 12.1 Å². The van der Waals surface area contributed by atoms with Crippen LogP contribution in [0.2, 0.25) is 0 Å². The molecular weight excluding hydrogens is 328 g/mol. The maximum atomic E-state index is 12.0. The van der Waals surface area contributed by atoms with Crippen LogP contribution in [0, 0.1) is 0 Å². The van der Waals surface area contributed by atoms with E-state index in [1.807, 2.05) is 6.07 Å². The third-order valence-electron chi connectivity index (χ3n) is 4.08. The fourth-order valence-electron chi connectivity index (χ4n) is 2.86. The summed E-state index contributed by atoms with van der Waals surface area (Å²) in [6.45, 7) is 0. The van der Waals surface area contributed by atoms with Gasteiger partial charge in [0.15, 0.2) is 11.2 Å². The number of fused-ring (bicyclic) bond motifs is 1. The molecule has 2 aliphatic rings. The molecule has 1 aromatic rings. The van der Waals surface area contributed by atoms with E-state index in [1.165, 1.54) is 12.8 Å². The van der Waals surface area contributed by atoms with Crippen molar-refractivity contribution in [3.05, 3.63) is 24.3 Å². The standard InChI is InChI=1S/C16H20N4O3S/c21-14(19-20-16(24)17-10-5-1-2-6-10)9-13-15(22)18-11-7-3-4-8-12(11)23-13/h3-4,7-8,10,13H,1-2,5-6,9H2,(H,18,22)(H,19,21)(H2,17,20,24)/t13-/m1/s1. The summed E-state index contributed by atoms with van der Waals surface area (Å²) in [5.74, 6) is -0.151. The molecule has 0 saturated heterocycles. The molecule has 1 aromatic carbocycles. The lowest BCUT2D eigenvalue weighted by Gasteiger charge is -2.25. The quantitative estimate of drug-likeness (QED) is 0.485. The lowest BCUT2D eigenvalue weighted by molar-refractivity contribution is -0.130. The van der Waals surface area contributed by atoms with Gasteiger partial charge in [0.25, 0.3) is 5.91 Å². The van der Waals surface area contributed by atoms with Gasteiger partial charge in [-0.1, -0.05) is 25.0 Å². The number of para-hydroxylation sites is 2. The zero-order valence-corrected chi connectivity index (χ0v) is 13.9. The average Bonchev–Trinajstić information content (AvgIpc) is 3.06. The normalized spacial score (nSPS) is 19.7. The second-order valence-corrected chi connectivity index (χ2v) is 6.33. The predicted octanol–water partition coefficient (Wildman–Crippen LogP) is 1.21. The minimum atomic E-state index is -0.863. The second-order valence-electron chi connectivity index (χ2n) is 5.92. The molecule has 8 heteroatoms. The topological polar surface area (TPSA) is 91.5 Å². The molecule has 4 N–H and O–H groups in total. The number of hydrogen-bond acceptors (Lipinski definition) is 4. The molecule has 0 aromatic heterocycles. The highest BCUT2D eigenvalue weighted by molar-refractivity contribution is 7.80. The van der Waals surface area contributed by atoms with Gasteiger partial charge in [0.1, 0.15) is 5.75 Å². The highest BCUT2D eigenvalue weighted by Gasteiger charge is 2.29. The minimum absolute atomic E-state index is 0.0980. The molecule has 2 amide bonds. The van der Waals surface area contributed by atoms with Crippen LogP contribution in [0.15, 0.2) is 24.3 Å². The Hall–Kier alpha value is -2.35. The Morgan fingerprint density at radius 3 is 2.79 bits per heavy atom. The Morgan fingerprint density at radius 1 is 1.25 bits per heavy atom. The van der Waals surface area contributed by atoms with E-state index in [-0.39, 0.29) is 18.2 Å². The van der Waals surface area contributed by atoms with Crippen LogP contribution in [0.1, 0.15) is 32.1 Å². The number of thiocarbonyl (C=S) groups is 1. The van der Waals surface area contributed by atoms with Crippen LogP contribution in [0.4, 0.5) is 5.69 Å². The van der Waals surface area contributed by atoms with Crippen molar-refractivity contribution in [2.75, 3.05) is 5.32 Å². The summed E-state index contributed by atoms with van der Waals surface area (Å²) in [5, 5.41) is 6.26. The molecule has 1 aliphatic carbocycles. The Bertz CT molecular complexity index is 646. The summed E-state index contributed by atoms with van der Waals surface area (Å²) >= 11 is 5.14. The zero-order valence-electron chi connectivity index (χ0n) is 13.1. The van der Waals surface area contributed by atoms with Gasteiger partial charge in [-0.05, 0) is 37.2 Å². The van der Waals surface area contributed by atoms with Crippen molar-refractivity contribution >= 4 is 34.8 Å². The number of ether oxygens (including phenoxy) is 1. The molecule has 3 rings (SSSR count). The van der Waals surface area contributed by atoms with Gasteiger partial charge in [-0.25, -0.2) is 0 Å². The van der Waals surface area contributed by atoms with E-state index in [0.717, 1.165) is 12.8 Å². The number of nitrogens with one attached hydrogen (secondary N) is 4. The molecule has 0 radical (unpaired) electrons. The summed E-state index contributed by atoms with van der Waals surface area (Å²) in [5.41, 5.74) is 5.77. The number of amides is 2. The Morgan fingerprint density at radius 2 is 2.00 bits per heavy atom. The van der Waals surface area contributed by atoms with E-state index in [2.05, 4.69) is 21.5 Å². The van der Waals surface area contributed by atoms with Crippen molar-refractivity contribution in [3.63, 3.8) is 0 Å². The predicted molar refractivity (Wildman–Crippen MR) is 93.4 cm³/mol. The molecule has 24 heavy (non-hydrogen) atoms.